The third-order valence-electron chi connectivity index (χ3n) is 7.02. The molecule has 2 amide bonds. The molecule has 3 aliphatic rings. The van der Waals surface area contributed by atoms with Crippen molar-refractivity contribution in [2.45, 2.75) is 71.4 Å². The Morgan fingerprint density at radius 3 is 2.25 bits per heavy atom. The van der Waals surface area contributed by atoms with Gasteiger partial charge in [0.05, 0.1) is 6.04 Å². The van der Waals surface area contributed by atoms with Gasteiger partial charge < -0.3 is 20.0 Å². The maximum Gasteiger partial charge on any atom is 0.239 e. The van der Waals surface area contributed by atoms with Gasteiger partial charge >= 0.3 is 0 Å². The van der Waals surface area contributed by atoms with Crippen LogP contribution in [-0.4, -0.2) is 108 Å². The molecule has 0 aromatic rings. The van der Waals surface area contributed by atoms with Gasteiger partial charge in [0, 0.05) is 71.4 Å². The van der Waals surface area contributed by atoms with Crippen LogP contribution in [0.15, 0.2) is 4.99 Å². The number of carbonyl (C=O) groups is 2. The number of aliphatic imine (C=N–C) groups is 1. The van der Waals surface area contributed by atoms with Crippen molar-refractivity contribution in [3.05, 3.63) is 0 Å². The van der Waals surface area contributed by atoms with Gasteiger partial charge in [-0.15, -0.1) is 24.0 Å². The Balaban J connectivity index is 0.00000363. The highest BCUT2D eigenvalue weighted by atomic mass is 127. The molecule has 0 spiro atoms. The molecule has 32 heavy (non-hydrogen) atoms. The lowest BCUT2D eigenvalue weighted by Crippen LogP contribution is -2.57. The second kappa shape index (κ2) is 13.6. The van der Waals surface area contributed by atoms with Crippen molar-refractivity contribution >= 4 is 41.8 Å². The standard InChI is InChI=1S/C23H42N6O2.HI/c1-4-20(29-14-8-9-21(29)30)10-11-25-23(24-5-2)28-17-15-26(16-18-28)19(3)22(31)27-12-6-7-13-27;/h19-20H,4-18H2,1-3H3,(H,24,25);1H. The topological polar surface area (TPSA) is 71.5 Å². The van der Waals surface area contributed by atoms with E-state index in [1.807, 2.05) is 4.90 Å². The summed E-state index contributed by atoms with van der Waals surface area (Å²) in [4.78, 5) is 38.4. The molecule has 184 valence electrons. The van der Waals surface area contributed by atoms with Crippen molar-refractivity contribution in [3.8, 4) is 0 Å². The highest BCUT2D eigenvalue weighted by Gasteiger charge is 2.31. The first kappa shape index (κ1) is 27.1. The van der Waals surface area contributed by atoms with E-state index >= 15 is 0 Å². The summed E-state index contributed by atoms with van der Waals surface area (Å²) in [6.07, 6.45) is 5.87. The molecule has 9 heteroatoms. The number of hydrogen-bond donors (Lipinski definition) is 1. The lowest BCUT2D eigenvalue weighted by Gasteiger charge is -2.39. The first-order chi connectivity index (χ1) is 15.0. The predicted molar refractivity (Wildman–Crippen MR) is 139 cm³/mol. The van der Waals surface area contributed by atoms with E-state index in [2.05, 4.69) is 40.8 Å². The largest absolute Gasteiger partial charge is 0.357 e. The fourth-order valence-corrected chi connectivity index (χ4v) is 5.06. The first-order valence-corrected chi connectivity index (χ1v) is 12.4. The number of rotatable bonds is 8. The van der Waals surface area contributed by atoms with E-state index in [9.17, 15) is 9.59 Å². The Kier molecular flexibility index (Phi) is 11.5. The Morgan fingerprint density at radius 1 is 1.00 bits per heavy atom. The van der Waals surface area contributed by atoms with Crippen LogP contribution in [0.1, 0.15) is 59.3 Å². The summed E-state index contributed by atoms with van der Waals surface area (Å²) in [5, 5.41) is 3.44. The summed E-state index contributed by atoms with van der Waals surface area (Å²) in [7, 11) is 0. The fourth-order valence-electron chi connectivity index (χ4n) is 5.06. The summed E-state index contributed by atoms with van der Waals surface area (Å²) in [6.45, 7) is 14.1. The highest BCUT2D eigenvalue weighted by Crippen LogP contribution is 2.18. The molecule has 2 atom stereocenters. The van der Waals surface area contributed by atoms with E-state index in [4.69, 9.17) is 4.99 Å². The van der Waals surface area contributed by atoms with E-state index < -0.39 is 0 Å². The molecule has 1 N–H and O–H groups in total. The Morgan fingerprint density at radius 2 is 1.69 bits per heavy atom. The van der Waals surface area contributed by atoms with E-state index in [0.717, 1.165) is 97.0 Å². The number of nitrogens with zero attached hydrogens (tertiary/aromatic N) is 5. The quantitative estimate of drug-likeness (QED) is 0.279. The number of carbonyl (C=O) groups excluding carboxylic acids is 2. The average Bonchev–Trinajstić information content (AvgIpc) is 3.47. The fraction of sp³-hybridized carbons (Fsp3) is 0.870. The number of piperazine rings is 1. The summed E-state index contributed by atoms with van der Waals surface area (Å²) in [6, 6.07) is 0.263. The summed E-state index contributed by atoms with van der Waals surface area (Å²) in [5.41, 5.74) is 0. The van der Waals surface area contributed by atoms with Gasteiger partial charge in [-0.05, 0) is 46.0 Å². The molecule has 8 nitrogen and oxygen atoms in total. The molecule has 2 unspecified atom stereocenters. The van der Waals surface area contributed by atoms with Crippen LogP contribution in [0.2, 0.25) is 0 Å². The lowest BCUT2D eigenvalue weighted by molar-refractivity contribution is -0.135. The van der Waals surface area contributed by atoms with Gasteiger partial charge in [0.1, 0.15) is 0 Å². The monoisotopic (exact) mass is 562 g/mol. The van der Waals surface area contributed by atoms with Crippen LogP contribution in [0.25, 0.3) is 0 Å². The van der Waals surface area contributed by atoms with Crippen molar-refractivity contribution in [3.63, 3.8) is 0 Å². The first-order valence-electron chi connectivity index (χ1n) is 12.4. The van der Waals surface area contributed by atoms with Gasteiger partial charge in [-0.25, -0.2) is 0 Å². The van der Waals surface area contributed by atoms with Gasteiger partial charge in [-0.2, -0.15) is 0 Å². The number of amides is 2. The summed E-state index contributed by atoms with van der Waals surface area (Å²) < 4.78 is 0. The Hall–Kier alpha value is -1.10. The van der Waals surface area contributed by atoms with Crippen LogP contribution in [0.3, 0.4) is 0 Å². The Labute approximate surface area is 211 Å². The van der Waals surface area contributed by atoms with Gasteiger partial charge in [0.15, 0.2) is 5.96 Å². The molecule has 3 fully saturated rings. The molecule has 3 rings (SSSR count). The van der Waals surface area contributed by atoms with E-state index in [-0.39, 0.29) is 35.9 Å². The van der Waals surface area contributed by atoms with E-state index in [1.165, 1.54) is 0 Å². The van der Waals surface area contributed by atoms with Crippen molar-refractivity contribution in [1.82, 2.24) is 24.9 Å². The summed E-state index contributed by atoms with van der Waals surface area (Å²) in [5.74, 6) is 1.55. The van der Waals surface area contributed by atoms with Crippen molar-refractivity contribution in [2.24, 2.45) is 4.99 Å². The molecule has 3 saturated heterocycles. The van der Waals surface area contributed by atoms with Crippen molar-refractivity contribution in [1.29, 1.82) is 0 Å². The average molecular weight is 563 g/mol. The van der Waals surface area contributed by atoms with Gasteiger partial charge in [-0.1, -0.05) is 6.92 Å². The zero-order chi connectivity index (χ0) is 22.2. The van der Waals surface area contributed by atoms with Gasteiger partial charge in [-0.3, -0.25) is 19.5 Å². The maximum atomic E-state index is 12.7. The Bertz CT molecular complexity index is 632. The molecule has 0 aromatic heterocycles. The molecule has 3 aliphatic heterocycles. The minimum atomic E-state index is -0.0388. The second-order valence-electron chi connectivity index (χ2n) is 9.01. The predicted octanol–water partition coefficient (Wildman–Crippen LogP) is 1.99. The molecule has 0 aliphatic carbocycles. The minimum absolute atomic E-state index is 0. The van der Waals surface area contributed by atoms with Crippen LogP contribution in [-0.2, 0) is 9.59 Å². The van der Waals surface area contributed by atoms with E-state index in [0.29, 0.717) is 18.4 Å². The van der Waals surface area contributed by atoms with Crippen LogP contribution in [0.5, 0.6) is 0 Å². The molecule has 0 radical (unpaired) electrons. The normalized spacial score (nSPS) is 22.2. The van der Waals surface area contributed by atoms with Gasteiger partial charge in [0.2, 0.25) is 11.8 Å². The van der Waals surface area contributed by atoms with Crippen molar-refractivity contribution in [2.75, 3.05) is 58.9 Å². The zero-order valence-electron chi connectivity index (χ0n) is 20.2. The molecular weight excluding hydrogens is 519 g/mol. The second-order valence-corrected chi connectivity index (χ2v) is 9.01. The molecule has 0 saturated carbocycles. The van der Waals surface area contributed by atoms with Crippen LogP contribution in [0.4, 0.5) is 0 Å². The van der Waals surface area contributed by atoms with Crippen molar-refractivity contribution < 1.29 is 9.59 Å². The zero-order valence-corrected chi connectivity index (χ0v) is 22.6. The number of halogens is 1. The van der Waals surface area contributed by atoms with E-state index in [1.54, 1.807) is 0 Å². The number of hydrogen-bond acceptors (Lipinski definition) is 4. The van der Waals surface area contributed by atoms with Gasteiger partial charge in [0.25, 0.3) is 0 Å². The molecular formula is C23H43IN6O2. The SMILES string of the molecule is CCNC(=NCCC(CC)N1CCCC1=O)N1CCN(C(C)C(=O)N2CCCC2)CC1.I. The number of guanidine groups is 1. The third kappa shape index (κ3) is 6.95. The molecule has 0 bridgehead atoms. The lowest BCUT2D eigenvalue weighted by atomic mass is 10.1. The number of likely N-dealkylation sites (tertiary alicyclic amines) is 2. The smallest absolute Gasteiger partial charge is 0.239 e. The number of nitrogens with one attached hydrogen (secondary N) is 1. The molecule has 3 heterocycles. The molecule has 0 aromatic carbocycles. The van der Waals surface area contributed by atoms with Crippen LogP contribution < -0.4 is 5.32 Å². The van der Waals surface area contributed by atoms with Crippen LogP contribution in [0, 0.1) is 0 Å². The maximum absolute atomic E-state index is 12.7. The highest BCUT2D eigenvalue weighted by molar-refractivity contribution is 14.0. The van der Waals surface area contributed by atoms with Crippen LogP contribution >= 0.6 is 24.0 Å². The summed E-state index contributed by atoms with van der Waals surface area (Å²) >= 11 is 0. The third-order valence-corrected chi connectivity index (χ3v) is 7.02. The minimum Gasteiger partial charge on any atom is -0.357 e.